The highest BCUT2D eigenvalue weighted by molar-refractivity contribution is 5.97. The largest absolute Gasteiger partial charge is 0.349 e. The molecule has 32 heavy (non-hydrogen) atoms. The molecule has 4 aromatic rings. The Morgan fingerprint density at radius 3 is 2.38 bits per heavy atom. The number of nitrogens with zero attached hydrogens (tertiary/aromatic N) is 3. The molecule has 0 saturated carbocycles. The maximum absolute atomic E-state index is 12.9. The van der Waals surface area contributed by atoms with Crippen molar-refractivity contribution in [3.63, 3.8) is 0 Å². The number of amides is 1. The number of aryl methyl sites for hydroxylation is 1. The van der Waals surface area contributed by atoms with Crippen LogP contribution in [0.3, 0.4) is 0 Å². The highest BCUT2D eigenvalue weighted by atomic mass is 16.1. The molecule has 1 aromatic heterocycles. The van der Waals surface area contributed by atoms with Gasteiger partial charge < -0.3 is 5.32 Å². The van der Waals surface area contributed by atoms with Gasteiger partial charge in [0.15, 0.2) is 0 Å². The van der Waals surface area contributed by atoms with Gasteiger partial charge in [-0.3, -0.25) is 14.3 Å². The molecule has 1 saturated heterocycles. The maximum Gasteiger partial charge on any atom is 0.251 e. The molecule has 1 aliphatic heterocycles. The summed E-state index contributed by atoms with van der Waals surface area (Å²) in [6.07, 6.45) is 1.95. The first-order valence-electron chi connectivity index (χ1n) is 11.3. The van der Waals surface area contributed by atoms with E-state index in [1.807, 2.05) is 43.3 Å². The zero-order valence-electron chi connectivity index (χ0n) is 18.4. The van der Waals surface area contributed by atoms with E-state index in [9.17, 15) is 4.79 Å². The lowest BCUT2D eigenvalue weighted by molar-refractivity contribution is 0.0909. The Kier molecular flexibility index (Phi) is 5.73. The lowest BCUT2D eigenvalue weighted by Crippen LogP contribution is -2.44. The minimum atomic E-state index is -0.0136. The van der Waals surface area contributed by atoms with E-state index in [1.165, 1.54) is 5.56 Å². The molecule has 5 rings (SSSR count). The van der Waals surface area contributed by atoms with Crippen molar-refractivity contribution >= 4 is 16.9 Å². The molecule has 1 fully saturated rings. The minimum absolute atomic E-state index is 0.0136. The third-order valence-corrected chi connectivity index (χ3v) is 6.27. The van der Waals surface area contributed by atoms with E-state index in [-0.39, 0.29) is 11.9 Å². The van der Waals surface area contributed by atoms with Gasteiger partial charge in [0, 0.05) is 36.9 Å². The summed E-state index contributed by atoms with van der Waals surface area (Å²) in [6.45, 7) is 4.97. The second-order valence-corrected chi connectivity index (χ2v) is 8.54. The first kappa shape index (κ1) is 20.5. The number of piperidine rings is 1. The minimum Gasteiger partial charge on any atom is -0.349 e. The maximum atomic E-state index is 12.9. The van der Waals surface area contributed by atoms with Crippen molar-refractivity contribution in [1.29, 1.82) is 0 Å². The standard InChI is InChI=1S/C27H28N4O/c1-20-28-25-18-22(12-13-26(25)31(20)24-10-6-3-7-11-24)27(32)29-23-14-16-30(17-15-23)19-21-8-4-2-5-9-21/h2-13,18,23H,14-17,19H2,1H3,(H,29,32). The molecule has 0 spiro atoms. The summed E-state index contributed by atoms with van der Waals surface area (Å²) in [6, 6.07) is 26.8. The first-order valence-corrected chi connectivity index (χ1v) is 11.3. The number of imidazole rings is 1. The molecule has 5 nitrogen and oxygen atoms in total. The van der Waals surface area contributed by atoms with Crippen molar-refractivity contribution in [1.82, 2.24) is 19.8 Å². The van der Waals surface area contributed by atoms with E-state index in [0.717, 1.165) is 55.0 Å². The molecular formula is C27H28N4O. The van der Waals surface area contributed by atoms with Gasteiger partial charge >= 0.3 is 0 Å². The number of fused-ring (bicyclic) bond motifs is 1. The quantitative estimate of drug-likeness (QED) is 0.504. The van der Waals surface area contributed by atoms with Gasteiger partial charge in [-0.2, -0.15) is 0 Å². The molecule has 1 amide bonds. The summed E-state index contributed by atoms with van der Waals surface area (Å²) in [7, 11) is 0. The summed E-state index contributed by atoms with van der Waals surface area (Å²) >= 11 is 0. The van der Waals surface area contributed by atoms with Gasteiger partial charge in [-0.05, 0) is 55.7 Å². The lowest BCUT2D eigenvalue weighted by Gasteiger charge is -2.32. The van der Waals surface area contributed by atoms with Crippen LogP contribution >= 0.6 is 0 Å². The number of benzene rings is 3. The summed E-state index contributed by atoms with van der Waals surface area (Å²) in [5.41, 5.74) is 4.94. The second-order valence-electron chi connectivity index (χ2n) is 8.54. The van der Waals surface area contributed by atoms with Gasteiger partial charge in [0.25, 0.3) is 5.91 Å². The Labute approximate surface area is 188 Å². The van der Waals surface area contributed by atoms with Gasteiger partial charge in [-0.1, -0.05) is 48.5 Å². The summed E-state index contributed by atoms with van der Waals surface area (Å²) < 4.78 is 2.12. The highest BCUT2D eigenvalue weighted by Crippen LogP contribution is 2.23. The van der Waals surface area contributed by atoms with E-state index < -0.39 is 0 Å². The van der Waals surface area contributed by atoms with Crippen LogP contribution in [0, 0.1) is 6.92 Å². The molecule has 1 N–H and O–H groups in total. The van der Waals surface area contributed by atoms with Crippen molar-refractivity contribution in [3.8, 4) is 5.69 Å². The van der Waals surface area contributed by atoms with Gasteiger partial charge in [0.05, 0.1) is 11.0 Å². The Bertz CT molecular complexity index is 1210. The van der Waals surface area contributed by atoms with Crippen molar-refractivity contribution in [3.05, 3.63) is 95.8 Å². The van der Waals surface area contributed by atoms with E-state index in [2.05, 4.69) is 57.2 Å². The van der Waals surface area contributed by atoms with Crippen molar-refractivity contribution in [2.24, 2.45) is 0 Å². The number of hydrogen-bond donors (Lipinski definition) is 1. The molecule has 0 atom stereocenters. The number of nitrogens with one attached hydrogen (secondary N) is 1. The highest BCUT2D eigenvalue weighted by Gasteiger charge is 2.22. The zero-order valence-corrected chi connectivity index (χ0v) is 18.4. The van der Waals surface area contributed by atoms with Gasteiger partial charge in [0.1, 0.15) is 5.82 Å². The van der Waals surface area contributed by atoms with Crippen molar-refractivity contribution < 1.29 is 4.79 Å². The topological polar surface area (TPSA) is 50.2 Å². The molecule has 0 unspecified atom stereocenters. The van der Waals surface area contributed by atoms with Crippen LogP contribution in [0.2, 0.25) is 0 Å². The molecule has 0 radical (unpaired) electrons. The fourth-order valence-corrected chi connectivity index (χ4v) is 4.59. The molecular weight excluding hydrogens is 396 g/mol. The van der Waals surface area contributed by atoms with E-state index in [0.29, 0.717) is 5.56 Å². The molecule has 1 aliphatic rings. The van der Waals surface area contributed by atoms with Crippen LogP contribution in [0.15, 0.2) is 78.9 Å². The molecule has 5 heteroatoms. The van der Waals surface area contributed by atoms with Crippen LogP contribution < -0.4 is 5.32 Å². The molecule has 0 aliphatic carbocycles. The normalized spacial score (nSPS) is 15.2. The number of likely N-dealkylation sites (tertiary alicyclic amines) is 1. The molecule has 0 bridgehead atoms. The third kappa shape index (κ3) is 4.30. The fraction of sp³-hybridized carbons (Fsp3) is 0.259. The van der Waals surface area contributed by atoms with Crippen LogP contribution in [0.1, 0.15) is 34.6 Å². The Morgan fingerprint density at radius 2 is 1.66 bits per heavy atom. The van der Waals surface area contributed by atoms with Crippen molar-refractivity contribution in [2.45, 2.75) is 32.4 Å². The molecule has 3 aromatic carbocycles. The predicted molar refractivity (Wildman–Crippen MR) is 128 cm³/mol. The van der Waals surface area contributed by atoms with Gasteiger partial charge in [-0.25, -0.2) is 4.98 Å². The molecule has 162 valence electrons. The smallest absolute Gasteiger partial charge is 0.251 e. The Morgan fingerprint density at radius 1 is 0.969 bits per heavy atom. The SMILES string of the molecule is Cc1nc2cc(C(=O)NC3CCN(Cc4ccccc4)CC3)ccc2n1-c1ccccc1. The number of rotatable bonds is 5. The number of carbonyl (C=O) groups excluding carboxylic acids is 1. The van der Waals surface area contributed by atoms with Gasteiger partial charge in [-0.15, -0.1) is 0 Å². The van der Waals surface area contributed by atoms with Crippen LogP contribution in [-0.2, 0) is 6.54 Å². The number of aromatic nitrogens is 2. The molecule has 2 heterocycles. The second kappa shape index (κ2) is 8.97. The zero-order chi connectivity index (χ0) is 21.9. The summed E-state index contributed by atoms with van der Waals surface area (Å²) in [5, 5.41) is 3.24. The fourth-order valence-electron chi connectivity index (χ4n) is 4.59. The monoisotopic (exact) mass is 424 g/mol. The lowest BCUT2D eigenvalue weighted by atomic mass is 10.0. The average molecular weight is 425 g/mol. The average Bonchev–Trinajstić information content (AvgIpc) is 3.16. The van der Waals surface area contributed by atoms with E-state index in [4.69, 9.17) is 4.98 Å². The first-order chi connectivity index (χ1) is 15.7. The Hall–Kier alpha value is -3.44. The van der Waals surface area contributed by atoms with Gasteiger partial charge in [0.2, 0.25) is 0 Å². The summed E-state index contributed by atoms with van der Waals surface area (Å²) in [4.78, 5) is 20.1. The van der Waals surface area contributed by atoms with E-state index in [1.54, 1.807) is 0 Å². The summed E-state index contributed by atoms with van der Waals surface area (Å²) in [5.74, 6) is 0.898. The predicted octanol–water partition coefficient (Wildman–Crippen LogP) is 4.73. The van der Waals surface area contributed by atoms with Crippen LogP contribution in [0.25, 0.3) is 16.7 Å². The van der Waals surface area contributed by atoms with E-state index >= 15 is 0 Å². The van der Waals surface area contributed by atoms with Crippen molar-refractivity contribution in [2.75, 3.05) is 13.1 Å². The third-order valence-electron chi connectivity index (χ3n) is 6.27. The Balaban J connectivity index is 1.24. The number of hydrogen-bond acceptors (Lipinski definition) is 3. The van der Waals surface area contributed by atoms with Crippen LogP contribution in [-0.4, -0.2) is 39.5 Å². The number of para-hydroxylation sites is 1. The van der Waals surface area contributed by atoms with Crippen LogP contribution in [0.4, 0.5) is 0 Å². The number of carbonyl (C=O) groups is 1. The van der Waals surface area contributed by atoms with Crippen LogP contribution in [0.5, 0.6) is 0 Å².